The fourth-order valence-corrected chi connectivity index (χ4v) is 0.608. The van der Waals surface area contributed by atoms with E-state index >= 15 is 0 Å². The molecule has 0 bridgehead atoms. The van der Waals surface area contributed by atoms with Crippen LogP contribution in [0.3, 0.4) is 0 Å². The molecule has 0 spiro atoms. The molecule has 0 saturated carbocycles. The number of hydrogen-bond donors (Lipinski definition) is 1. The van der Waals surface area contributed by atoms with E-state index in [1.54, 1.807) is 0 Å². The molecule has 8 heavy (non-hydrogen) atoms. The van der Waals surface area contributed by atoms with E-state index in [-0.39, 0.29) is 6.42 Å². The Morgan fingerprint density at radius 3 is 2.62 bits per heavy atom. The Labute approximate surface area is 45.6 Å². The average Bonchev–Trinajstić information content (AvgIpc) is 1.85. The smallest absolute Gasteiger partial charge is 0.193 e. The molecule has 0 saturated heterocycles. The van der Waals surface area contributed by atoms with Gasteiger partial charge in [0.25, 0.3) is 0 Å². The predicted octanol–water partition coefficient (Wildman–Crippen LogP) is 0.174. The van der Waals surface area contributed by atoms with Crippen molar-refractivity contribution < 1.29 is 14.3 Å². The van der Waals surface area contributed by atoms with Crippen LogP contribution in [0.2, 0.25) is 0 Å². The van der Waals surface area contributed by atoms with Crippen LogP contribution in [-0.4, -0.2) is 17.0 Å². The van der Waals surface area contributed by atoms with Crippen LogP contribution >= 0.6 is 0 Å². The van der Waals surface area contributed by atoms with Crippen molar-refractivity contribution in [2.45, 2.75) is 12.5 Å². The molecule has 0 aromatic rings. The number of carbonyl (C=O) groups is 1. The van der Waals surface area contributed by atoms with E-state index in [1.807, 2.05) is 0 Å². The summed E-state index contributed by atoms with van der Waals surface area (Å²) in [6.45, 7) is 0. The van der Waals surface area contributed by atoms with Crippen LogP contribution in [0.1, 0.15) is 6.42 Å². The molecule has 0 aromatic carbocycles. The van der Waals surface area contributed by atoms with E-state index in [0.717, 1.165) is 6.08 Å². The van der Waals surface area contributed by atoms with Crippen LogP contribution in [0.4, 0.5) is 4.39 Å². The van der Waals surface area contributed by atoms with Crippen LogP contribution in [0.25, 0.3) is 0 Å². The first-order valence-corrected chi connectivity index (χ1v) is 2.29. The number of carbonyl (C=O) groups excluding carboxylic acids is 1. The highest BCUT2D eigenvalue weighted by molar-refractivity contribution is 5.96. The van der Waals surface area contributed by atoms with Gasteiger partial charge >= 0.3 is 0 Å². The van der Waals surface area contributed by atoms with E-state index in [4.69, 9.17) is 5.11 Å². The van der Waals surface area contributed by atoms with E-state index in [9.17, 15) is 9.18 Å². The zero-order valence-electron chi connectivity index (χ0n) is 4.10. The summed E-state index contributed by atoms with van der Waals surface area (Å²) in [6, 6.07) is 0. The van der Waals surface area contributed by atoms with Gasteiger partial charge in [-0.2, -0.15) is 0 Å². The number of allylic oxidation sites excluding steroid dienone is 1. The van der Waals surface area contributed by atoms with Gasteiger partial charge in [-0.05, 0) is 6.08 Å². The predicted molar refractivity (Wildman–Crippen MR) is 24.8 cm³/mol. The lowest BCUT2D eigenvalue weighted by Crippen LogP contribution is -1.99. The molecule has 1 rings (SSSR count). The van der Waals surface area contributed by atoms with Crippen molar-refractivity contribution in [3.63, 3.8) is 0 Å². The summed E-state index contributed by atoms with van der Waals surface area (Å²) in [5.74, 6) is -1.41. The summed E-state index contributed by atoms with van der Waals surface area (Å²) in [5.41, 5.74) is 0. The Kier molecular flexibility index (Phi) is 1.13. The zero-order chi connectivity index (χ0) is 6.15. The van der Waals surface area contributed by atoms with Crippen molar-refractivity contribution in [1.29, 1.82) is 0 Å². The fraction of sp³-hybridized carbons (Fsp3) is 0.400. The molecule has 1 aliphatic rings. The van der Waals surface area contributed by atoms with Gasteiger partial charge in [0.1, 0.15) is 0 Å². The summed E-state index contributed by atoms with van der Waals surface area (Å²) in [7, 11) is 0. The van der Waals surface area contributed by atoms with Crippen molar-refractivity contribution in [2.24, 2.45) is 0 Å². The molecule has 0 radical (unpaired) electrons. The number of Topliss-reactive ketones (excluding diaryl/α,β-unsaturated/α-hetero) is 1. The Bertz CT molecular complexity index is 151. The monoisotopic (exact) mass is 116 g/mol. The van der Waals surface area contributed by atoms with Gasteiger partial charge in [-0.25, -0.2) is 4.39 Å². The van der Waals surface area contributed by atoms with Crippen LogP contribution in [0, 0.1) is 0 Å². The second-order valence-electron chi connectivity index (χ2n) is 1.71. The third-order valence-corrected chi connectivity index (χ3v) is 1.000. The first-order chi connectivity index (χ1) is 3.70. The molecule has 44 valence electrons. The summed E-state index contributed by atoms with van der Waals surface area (Å²) >= 11 is 0. The van der Waals surface area contributed by atoms with Gasteiger partial charge in [0.2, 0.25) is 0 Å². The Balaban J connectivity index is 2.73. The Morgan fingerprint density at radius 1 is 1.88 bits per heavy atom. The van der Waals surface area contributed by atoms with Crippen molar-refractivity contribution in [1.82, 2.24) is 0 Å². The van der Waals surface area contributed by atoms with Gasteiger partial charge in [-0.3, -0.25) is 4.79 Å². The summed E-state index contributed by atoms with van der Waals surface area (Å²) in [5, 5.41) is 8.53. The lowest BCUT2D eigenvalue weighted by molar-refractivity contribution is -0.117. The maximum absolute atomic E-state index is 11.9. The molecule has 1 atom stereocenters. The quantitative estimate of drug-likeness (QED) is 0.490. The number of aliphatic hydroxyl groups excluding tert-OH is 1. The summed E-state index contributed by atoms with van der Waals surface area (Å²) < 4.78 is 11.9. The first kappa shape index (κ1) is 5.44. The van der Waals surface area contributed by atoms with E-state index in [0.29, 0.717) is 0 Å². The zero-order valence-corrected chi connectivity index (χ0v) is 4.10. The fourth-order valence-electron chi connectivity index (χ4n) is 0.608. The van der Waals surface area contributed by atoms with Gasteiger partial charge in [0.05, 0.1) is 6.10 Å². The van der Waals surface area contributed by atoms with Gasteiger partial charge in [0, 0.05) is 6.42 Å². The number of halogens is 1. The Hall–Kier alpha value is -0.700. The van der Waals surface area contributed by atoms with Crippen molar-refractivity contribution in [2.75, 3.05) is 0 Å². The van der Waals surface area contributed by atoms with Crippen LogP contribution in [0.5, 0.6) is 0 Å². The standard InChI is InChI=1S/C5H5FO2/c6-4-1-3(7)2-5(4)8/h1,3,7H,2H2. The molecular formula is C5H5FO2. The van der Waals surface area contributed by atoms with Crippen LogP contribution < -0.4 is 0 Å². The highest BCUT2D eigenvalue weighted by Crippen LogP contribution is 2.14. The number of ketones is 1. The number of rotatable bonds is 0. The molecule has 0 aromatic heterocycles. The van der Waals surface area contributed by atoms with Crippen LogP contribution in [-0.2, 0) is 4.79 Å². The highest BCUT2D eigenvalue weighted by Gasteiger charge is 2.21. The molecule has 2 nitrogen and oxygen atoms in total. The average molecular weight is 116 g/mol. The van der Waals surface area contributed by atoms with Gasteiger partial charge in [-0.15, -0.1) is 0 Å². The molecule has 3 heteroatoms. The maximum Gasteiger partial charge on any atom is 0.193 e. The molecule has 1 N–H and O–H groups in total. The molecule has 1 unspecified atom stereocenters. The first-order valence-electron chi connectivity index (χ1n) is 2.29. The topological polar surface area (TPSA) is 37.3 Å². The minimum atomic E-state index is -0.887. The van der Waals surface area contributed by atoms with Crippen molar-refractivity contribution in [3.8, 4) is 0 Å². The van der Waals surface area contributed by atoms with Crippen LogP contribution in [0.15, 0.2) is 11.9 Å². The van der Waals surface area contributed by atoms with E-state index in [2.05, 4.69) is 0 Å². The van der Waals surface area contributed by atoms with Crippen molar-refractivity contribution >= 4 is 5.78 Å². The van der Waals surface area contributed by atoms with Crippen molar-refractivity contribution in [3.05, 3.63) is 11.9 Å². The third-order valence-electron chi connectivity index (χ3n) is 1.000. The lowest BCUT2D eigenvalue weighted by Gasteiger charge is -1.87. The molecule has 0 fully saturated rings. The number of hydrogen-bond acceptors (Lipinski definition) is 2. The molecule has 0 aliphatic heterocycles. The normalized spacial score (nSPS) is 28.5. The Morgan fingerprint density at radius 2 is 2.50 bits per heavy atom. The molecule has 0 heterocycles. The highest BCUT2D eigenvalue weighted by atomic mass is 19.1. The second-order valence-corrected chi connectivity index (χ2v) is 1.71. The summed E-state index contributed by atoms with van der Waals surface area (Å²) in [4.78, 5) is 10.2. The van der Waals surface area contributed by atoms with Gasteiger partial charge in [-0.1, -0.05) is 0 Å². The van der Waals surface area contributed by atoms with E-state index in [1.165, 1.54) is 0 Å². The molecule has 0 amide bonds. The van der Waals surface area contributed by atoms with E-state index < -0.39 is 17.7 Å². The minimum Gasteiger partial charge on any atom is -0.388 e. The SMILES string of the molecule is O=C1CC(O)C=C1F. The third kappa shape index (κ3) is 0.767. The second kappa shape index (κ2) is 1.67. The lowest BCUT2D eigenvalue weighted by atomic mass is 10.3. The molecule has 1 aliphatic carbocycles. The summed E-state index contributed by atoms with van der Waals surface area (Å²) in [6.07, 6.45) is -0.0590. The molecular weight excluding hydrogens is 111 g/mol. The largest absolute Gasteiger partial charge is 0.388 e. The minimum absolute atomic E-state index is 0.0914. The van der Waals surface area contributed by atoms with Gasteiger partial charge < -0.3 is 5.11 Å². The van der Waals surface area contributed by atoms with Gasteiger partial charge in [0.15, 0.2) is 11.6 Å². The maximum atomic E-state index is 11.9. The number of aliphatic hydroxyl groups is 1.